The van der Waals surface area contributed by atoms with Crippen molar-refractivity contribution >= 4 is 58.0 Å². The predicted molar refractivity (Wildman–Crippen MR) is 223 cm³/mol. The molecule has 0 heterocycles. The Morgan fingerprint density at radius 3 is 1.44 bits per heavy atom. The van der Waals surface area contributed by atoms with Gasteiger partial charge < -0.3 is 5.11 Å². The first-order valence-corrected chi connectivity index (χ1v) is 18.1. The number of hydrogen-bond donors (Lipinski definition) is 1. The van der Waals surface area contributed by atoms with Gasteiger partial charge in [-0.1, -0.05) is 165 Å². The highest BCUT2D eigenvalue weighted by Crippen LogP contribution is 2.33. The highest BCUT2D eigenvalue weighted by atomic mass is 35.5. The molecule has 0 aliphatic carbocycles. The maximum Gasteiger partial charge on any atom is 0.0790 e. The molecule has 4 atom stereocenters. The maximum absolute atomic E-state index is 10.4. The van der Waals surface area contributed by atoms with Gasteiger partial charge in [-0.2, -0.15) is 0 Å². The van der Waals surface area contributed by atoms with Crippen LogP contribution in [0.5, 0.6) is 0 Å². The molecule has 1 N–H and O–H groups in total. The third-order valence-electron chi connectivity index (χ3n) is 9.75. The molecule has 4 heteroatoms. The van der Waals surface area contributed by atoms with Crippen molar-refractivity contribution in [3.8, 4) is 0 Å². The number of aliphatic hydroxyl groups excluding tert-OH is 1. The molecule has 0 spiro atoms. The van der Waals surface area contributed by atoms with Crippen LogP contribution in [-0.2, 0) is 0 Å². The second-order valence-corrected chi connectivity index (χ2v) is 14.1. The summed E-state index contributed by atoms with van der Waals surface area (Å²) in [5.41, 5.74) is 7.63. The lowest BCUT2D eigenvalue weighted by molar-refractivity contribution is 0.163. The van der Waals surface area contributed by atoms with E-state index < -0.39 is 0 Å². The summed E-state index contributed by atoms with van der Waals surface area (Å²) >= 11 is 6.60. The molecule has 1 nitrogen and oxygen atoms in total. The predicted octanol–water partition coefficient (Wildman–Crippen LogP) is 14.4. The molecule has 0 bridgehead atoms. The van der Waals surface area contributed by atoms with Crippen LogP contribution in [0.4, 0.5) is 0 Å². The Balaban J connectivity index is 0.000000260. The summed E-state index contributed by atoms with van der Waals surface area (Å²) < 4.78 is 0. The second kappa shape index (κ2) is 20.5. The van der Waals surface area contributed by atoms with Gasteiger partial charge in [-0.25, -0.2) is 0 Å². The summed E-state index contributed by atoms with van der Waals surface area (Å²) in [7, 11) is 0. The zero-order chi connectivity index (χ0) is 33.9. The Hall–Kier alpha value is -3.33. The van der Waals surface area contributed by atoms with Crippen LogP contribution in [0.15, 0.2) is 133 Å². The van der Waals surface area contributed by atoms with Gasteiger partial charge in [0.15, 0.2) is 0 Å². The third-order valence-corrected chi connectivity index (χ3v) is 10.2. The number of fused-ring (bicyclic) bond motifs is 2. The maximum atomic E-state index is 10.4. The largest absolute Gasteiger partial charge is 0.388 e. The average Bonchev–Trinajstić information content (AvgIpc) is 3.11. The molecule has 0 amide bonds. The Morgan fingerprint density at radius 2 is 0.920 bits per heavy atom. The number of aliphatic hydroxyl groups is 1. The smallest absolute Gasteiger partial charge is 0.0790 e. The van der Waals surface area contributed by atoms with Crippen molar-refractivity contribution in [2.24, 2.45) is 0 Å². The molecule has 6 aromatic rings. The zero-order valence-corrected chi connectivity index (χ0v) is 32.3. The zero-order valence-electron chi connectivity index (χ0n) is 29.9. The molecule has 6 aromatic carbocycles. The van der Waals surface area contributed by atoms with Crippen LogP contribution in [0, 0.1) is 13.8 Å². The molecule has 6 rings (SSSR count). The van der Waals surface area contributed by atoms with Gasteiger partial charge >= 0.3 is 0 Å². The van der Waals surface area contributed by atoms with Gasteiger partial charge in [0.25, 0.3) is 0 Å². The number of rotatable bonds is 12. The Labute approximate surface area is 317 Å². The monoisotopic (exact) mass is 726 g/mol. The summed E-state index contributed by atoms with van der Waals surface area (Å²) in [6.07, 6.45) is 5.93. The average molecular weight is 728 g/mol. The Bertz CT molecular complexity index is 1750. The number of halogens is 3. The fraction of sp³-hybridized carbons (Fsp3) is 0.304. The number of hydrogen-bond acceptors (Lipinski definition) is 1. The van der Waals surface area contributed by atoms with E-state index in [1.54, 1.807) is 0 Å². The fourth-order valence-corrected chi connectivity index (χ4v) is 7.26. The lowest BCUT2D eigenvalue weighted by Gasteiger charge is -2.16. The first-order chi connectivity index (χ1) is 23.3. The lowest BCUT2D eigenvalue weighted by Crippen LogP contribution is -2.00. The molecule has 0 aromatic heterocycles. The molecule has 0 saturated heterocycles. The molecule has 0 fully saturated rings. The highest BCUT2D eigenvalue weighted by molar-refractivity contribution is 6.20. The summed E-state index contributed by atoms with van der Waals surface area (Å²) in [5.74, 6) is 1.05. The minimum atomic E-state index is -0.357. The molecular formula is C46H53Cl3O. The van der Waals surface area contributed by atoms with E-state index in [1.165, 1.54) is 55.8 Å². The molecule has 0 aliphatic rings. The van der Waals surface area contributed by atoms with E-state index in [2.05, 4.69) is 149 Å². The quantitative estimate of drug-likeness (QED) is 0.124. The second-order valence-electron chi connectivity index (χ2n) is 13.6. The molecular weight excluding hydrogens is 675 g/mol. The van der Waals surface area contributed by atoms with E-state index >= 15 is 0 Å². The molecule has 2 unspecified atom stereocenters. The molecule has 264 valence electrons. The van der Waals surface area contributed by atoms with E-state index in [0.29, 0.717) is 11.8 Å². The standard InChI is InChI=1S/C23H25Cl.C23H26O.2ClH/c2*1-17-8-5-12-20(16-17)23(24)15-6-9-18(2)21-14-7-11-19-10-3-4-13-22(19)21;;/h3-5,7-8,10-14,16,18,23H,6,9,15H2,1-2H3;3-5,7-8,10-14,16,18,23-24H,6,9,15H2,1-2H3;2*1H/t2*18-,23?;;/m00../s1. The molecule has 0 radical (unpaired) electrons. The van der Waals surface area contributed by atoms with Crippen molar-refractivity contribution in [3.63, 3.8) is 0 Å². The van der Waals surface area contributed by atoms with Gasteiger partial charge in [-0.15, -0.1) is 36.4 Å². The summed E-state index contributed by atoms with van der Waals surface area (Å²) in [5, 5.41) is 15.9. The van der Waals surface area contributed by atoms with Crippen LogP contribution in [0.2, 0.25) is 0 Å². The fourth-order valence-electron chi connectivity index (χ4n) is 6.97. The Morgan fingerprint density at radius 1 is 0.500 bits per heavy atom. The summed E-state index contributed by atoms with van der Waals surface area (Å²) in [4.78, 5) is 0. The minimum absolute atomic E-state index is 0. The number of alkyl halides is 1. The van der Waals surface area contributed by atoms with Crippen LogP contribution in [0.25, 0.3) is 21.5 Å². The van der Waals surface area contributed by atoms with E-state index in [1.807, 2.05) is 12.1 Å². The van der Waals surface area contributed by atoms with Crippen molar-refractivity contribution in [1.29, 1.82) is 0 Å². The normalized spacial score (nSPS) is 13.2. The van der Waals surface area contributed by atoms with Crippen molar-refractivity contribution in [2.75, 3.05) is 0 Å². The van der Waals surface area contributed by atoms with Crippen molar-refractivity contribution in [2.45, 2.75) is 89.5 Å². The van der Waals surface area contributed by atoms with Crippen LogP contribution < -0.4 is 0 Å². The van der Waals surface area contributed by atoms with Crippen molar-refractivity contribution in [1.82, 2.24) is 0 Å². The minimum Gasteiger partial charge on any atom is -0.388 e. The van der Waals surface area contributed by atoms with E-state index in [9.17, 15) is 5.11 Å². The van der Waals surface area contributed by atoms with Gasteiger partial charge in [0.1, 0.15) is 0 Å². The van der Waals surface area contributed by atoms with Crippen LogP contribution in [0.3, 0.4) is 0 Å². The summed E-state index contributed by atoms with van der Waals surface area (Å²) in [6.45, 7) is 8.81. The third kappa shape index (κ3) is 11.3. The van der Waals surface area contributed by atoms with E-state index in [4.69, 9.17) is 11.6 Å². The van der Waals surface area contributed by atoms with Crippen LogP contribution in [-0.4, -0.2) is 5.11 Å². The number of benzene rings is 6. The van der Waals surface area contributed by atoms with Gasteiger partial charge in [-0.05, 0) is 102 Å². The van der Waals surface area contributed by atoms with Crippen LogP contribution >= 0.6 is 36.4 Å². The highest BCUT2D eigenvalue weighted by Gasteiger charge is 2.14. The topological polar surface area (TPSA) is 20.2 Å². The van der Waals surface area contributed by atoms with E-state index in [0.717, 1.165) is 37.7 Å². The van der Waals surface area contributed by atoms with Crippen molar-refractivity contribution < 1.29 is 5.11 Å². The molecule has 0 aliphatic heterocycles. The van der Waals surface area contributed by atoms with Crippen molar-refractivity contribution in [3.05, 3.63) is 167 Å². The van der Waals surface area contributed by atoms with Gasteiger partial charge in [0.2, 0.25) is 0 Å². The Kier molecular flexibility index (Phi) is 16.9. The first-order valence-electron chi connectivity index (χ1n) is 17.7. The molecule has 0 saturated carbocycles. The SMILES string of the molecule is Cc1cccc(C(Cl)CCC[C@H](C)c2cccc3ccccc23)c1.Cc1cccc(C(O)CCC[C@H](C)c2cccc3ccccc23)c1.Cl.Cl. The molecule has 50 heavy (non-hydrogen) atoms. The summed E-state index contributed by atoms with van der Waals surface area (Å²) in [6, 6.07) is 47.2. The van der Waals surface area contributed by atoms with Gasteiger partial charge in [-0.3, -0.25) is 0 Å². The van der Waals surface area contributed by atoms with Gasteiger partial charge in [0, 0.05) is 0 Å². The van der Waals surface area contributed by atoms with Crippen LogP contribution in [0.1, 0.15) is 109 Å². The first kappa shape index (κ1) is 41.1. The lowest BCUT2D eigenvalue weighted by atomic mass is 9.90. The van der Waals surface area contributed by atoms with E-state index in [-0.39, 0.29) is 36.3 Å². The number of aryl methyl sites for hydroxylation is 2. The van der Waals surface area contributed by atoms with Gasteiger partial charge in [0.05, 0.1) is 11.5 Å².